The van der Waals surface area contributed by atoms with Crippen LogP contribution in [0.2, 0.25) is 0 Å². The van der Waals surface area contributed by atoms with Gasteiger partial charge in [-0.25, -0.2) is 0 Å². The number of hydrogen-bond acceptors (Lipinski definition) is 2. The molecule has 0 spiro atoms. The first-order valence-electron chi connectivity index (χ1n) is 1.91. The van der Waals surface area contributed by atoms with Crippen LogP contribution in [-0.4, -0.2) is 34.1 Å². The average Bonchev–Trinajstić information content (AvgIpc) is 1.71. The third kappa shape index (κ3) is 430000. The summed E-state index contributed by atoms with van der Waals surface area (Å²) in [5.41, 5.74) is 0. The molecule has 0 aromatic heterocycles. The van der Waals surface area contributed by atoms with Crippen LogP contribution in [0.5, 0.6) is 0 Å². The highest BCUT2D eigenvalue weighted by molar-refractivity contribution is 6.40. The van der Waals surface area contributed by atoms with Crippen molar-refractivity contribution in [3.8, 4) is 0 Å². The first-order chi connectivity index (χ1) is 4.15. The summed E-state index contributed by atoms with van der Waals surface area (Å²) in [4.78, 5) is 9.00. The molecule has 6 heteroatoms. The standard InChI is InChI=1S/C2H4O2.CH2Cl2.CH4O.H2O/c1-2(3)4;2-1-3;1-2;/h1H3,(H,3,4);1H2;2H,1H3;1H2. The molecule has 0 unspecified atom stereocenters. The number of halogens is 2. The molecule has 4 N–H and O–H groups in total. The summed E-state index contributed by atoms with van der Waals surface area (Å²) in [6, 6.07) is 0. The monoisotopic (exact) mass is 194 g/mol. The van der Waals surface area contributed by atoms with Gasteiger partial charge in [-0.05, 0) is 0 Å². The Morgan fingerprint density at radius 2 is 1.40 bits per heavy atom. The fourth-order valence-corrected chi connectivity index (χ4v) is 0. The van der Waals surface area contributed by atoms with Crippen LogP contribution in [0.3, 0.4) is 0 Å². The predicted molar refractivity (Wildman–Crippen MR) is 41.6 cm³/mol. The van der Waals surface area contributed by atoms with Crippen LogP contribution in [0.25, 0.3) is 0 Å². The molecule has 0 aliphatic heterocycles. The molecule has 0 aliphatic rings. The molecule has 0 aliphatic carbocycles. The van der Waals surface area contributed by atoms with Gasteiger partial charge in [0.2, 0.25) is 0 Å². The summed E-state index contributed by atoms with van der Waals surface area (Å²) in [5, 5.41) is 14.6. The van der Waals surface area contributed by atoms with Gasteiger partial charge >= 0.3 is 0 Å². The Hall–Kier alpha value is -0.0300. The van der Waals surface area contributed by atoms with Crippen molar-refractivity contribution in [2.24, 2.45) is 0 Å². The molecule has 0 radical (unpaired) electrons. The van der Waals surface area contributed by atoms with Crippen LogP contribution in [0.15, 0.2) is 0 Å². The zero-order valence-corrected chi connectivity index (χ0v) is 7.28. The van der Waals surface area contributed by atoms with Gasteiger partial charge in [0, 0.05) is 14.0 Å². The molecular weight excluding hydrogens is 183 g/mol. The molecule has 0 bridgehead atoms. The maximum atomic E-state index is 9.00. The zero-order chi connectivity index (χ0) is 8.28. The second-order valence-corrected chi connectivity index (χ2v) is 1.43. The van der Waals surface area contributed by atoms with Crippen LogP contribution in [0.4, 0.5) is 0 Å². The van der Waals surface area contributed by atoms with E-state index in [1.54, 1.807) is 0 Å². The van der Waals surface area contributed by atoms with E-state index < -0.39 is 5.97 Å². The highest BCUT2D eigenvalue weighted by atomic mass is 35.5. The fourth-order valence-electron chi connectivity index (χ4n) is 0. The molecule has 0 atom stereocenters. The third-order valence-electron chi connectivity index (χ3n) is 0. The van der Waals surface area contributed by atoms with Gasteiger partial charge in [-0.1, -0.05) is 0 Å². The molecule has 0 amide bonds. The second kappa shape index (κ2) is 36.2. The van der Waals surface area contributed by atoms with Crippen molar-refractivity contribution in [3.63, 3.8) is 0 Å². The zero-order valence-electron chi connectivity index (χ0n) is 5.77. The molecule has 4 nitrogen and oxygen atoms in total. The first kappa shape index (κ1) is 22.5. The van der Waals surface area contributed by atoms with Crippen molar-refractivity contribution >= 4 is 29.2 Å². The van der Waals surface area contributed by atoms with E-state index in [-0.39, 0.29) is 10.8 Å². The number of aliphatic hydroxyl groups excluding tert-OH is 1. The smallest absolute Gasteiger partial charge is 0.300 e. The number of hydrogen-bond donors (Lipinski definition) is 2. The molecule has 0 rings (SSSR count). The van der Waals surface area contributed by atoms with Gasteiger partial charge in [0.05, 0.1) is 5.34 Å². The highest BCUT2D eigenvalue weighted by Crippen LogP contribution is 1.73. The third-order valence-corrected chi connectivity index (χ3v) is 0. The molecule has 0 aromatic carbocycles. The molecular formula is C4H12Cl2O4. The number of carbonyl (C=O) groups is 1. The lowest BCUT2D eigenvalue weighted by Crippen LogP contribution is -1.78. The lowest BCUT2D eigenvalue weighted by Gasteiger charge is -1.59. The Morgan fingerprint density at radius 1 is 1.40 bits per heavy atom. The van der Waals surface area contributed by atoms with E-state index in [1.165, 1.54) is 0 Å². The maximum Gasteiger partial charge on any atom is 0.300 e. The molecule has 0 heterocycles. The number of aliphatic hydroxyl groups is 1. The van der Waals surface area contributed by atoms with Crippen molar-refractivity contribution in [2.45, 2.75) is 6.92 Å². The van der Waals surface area contributed by atoms with Crippen molar-refractivity contribution < 1.29 is 20.5 Å². The Bertz CT molecular complexity index is 46.5. The summed E-state index contributed by atoms with van der Waals surface area (Å²) in [6.45, 7) is 1.08. The number of carboxylic acids is 1. The highest BCUT2D eigenvalue weighted by Gasteiger charge is 1.65. The van der Waals surface area contributed by atoms with Crippen molar-refractivity contribution in [3.05, 3.63) is 0 Å². The first-order valence-corrected chi connectivity index (χ1v) is 2.98. The minimum atomic E-state index is -0.833. The Balaban J connectivity index is -0.0000000273. The summed E-state index contributed by atoms with van der Waals surface area (Å²) in [5.74, 6) is -0.833. The van der Waals surface area contributed by atoms with E-state index in [0.717, 1.165) is 14.0 Å². The average molecular weight is 195 g/mol. The van der Waals surface area contributed by atoms with Crippen molar-refractivity contribution in [2.75, 3.05) is 12.4 Å². The van der Waals surface area contributed by atoms with Gasteiger partial charge in [-0.2, -0.15) is 0 Å². The van der Waals surface area contributed by atoms with Crippen molar-refractivity contribution in [1.82, 2.24) is 0 Å². The molecule has 0 fully saturated rings. The van der Waals surface area contributed by atoms with E-state index in [1.807, 2.05) is 0 Å². The number of alkyl halides is 2. The van der Waals surface area contributed by atoms with Crippen LogP contribution in [0.1, 0.15) is 6.92 Å². The van der Waals surface area contributed by atoms with E-state index in [9.17, 15) is 0 Å². The summed E-state index contributed by atoms with van der Waals surface area (Å²) < 4.78 is 0. The minimum absolute atomic E-state index is 0. The SMILES string of the molecule is CC(=O)O.CO.ClCCl.O. The van der Waals surface area contributed by atoms with E-state index in [0.29, 0.717) is 0 Å². The number of aliphatic carboxylic acids is 1. The summed E-state index contributed by atoms with van der Waals surface area (Å²) in [6.07, 6.45) is 0. The van der Waals surface area contributed by atoms with E-state index in [4.69, 9.17) is 38.2 Å². The topological polar surface area (TPSA) is 89.0 Å². The van der Waals surface area contributed by atoms with Gasteiger partial charge in [0.1, 0.15) is 0 Å². The Morgan fingerprint density at radius 3 is 1.40 bits per heavy atom. The van der Waals surface area contributed by atoms with Crippen molar-refractivity contribution in [1.29, 1.82) is 0 Å². The van der Waals surface area contributed by atoms with Crippen LogP contribution < -0.4 is 0 Å². The van der Waals surface area contributed by atoms with Crippen LogP contribution in [-0.2, 0) is 4.79 Å². The van der Waals surface area contributed by atoms with Crippen LogP contribution in [0, 0.1) is 0 Å². The normalized spacial score (nSPS) is 4.90. The molecule has 0 saturated heterocycles. The van der Waals surface area contributed by atoms with E-state index in [2.05, 4.69) is 0 Å². The lowest BCUT2D eigenvalue weighted by molar-refractivity contribution is -0.134. The second-order valence-electron chi connectivity index (χ2n) is 0.620. The molecule has 10 heavy (non-hydrogen) atoms. The predicted octanol–water partition coefficient (Wildman–Crippen LogP) is 0.296. The van der Waals surface area contributed by atoms with Gasteiger partial charge in [0.25, 0.3) is 5.97 Å². The molecule has 66 valence electrons. The van der Waals surface area contributed by atoms with E-state index >= 15 is 0 Å². The van der Waals surface area contributed by atoms with Gasteiger partial charge < -0.3 is 15.7 Å². The molecule has 0 aromatic rings. The summed E-state index contributed by atoms with van der Waals surface area (Å²) in [7, 11) is 1.00. The fraction of sp³-hybridized carbons (Fsp3) is 0.750. The van der Waals surface area contributed by atoms with Crippen LogP contribution >= 0.6 is 23.2 Å². The van der Waals surface area contributed by atoms with Gasteiger partial charge in [-0.3, -0.25) is 4.79 Å². The van der Waals surface area contributed by atoms with Gasteiger partial charge in [0.15, 0.2) is 0 Å². The molecule has 0 saturated carbocycles. The quantitative estimate of drug-likeness (QED) is 0.544. The minimum Gasteiger partial charge on any atom is -0.481 e. The Kier molecular flexibility index (Phi) is 81.4. The lowest BCUT2D eigenvalue weighted by atomic mass is 10.9. The number of carboxylic acid groups (broad SMARTS) is 1. The largest absolute Gasteiger partial charge is 0.481 e. The summed E-state index contributed by atoms with van der Waals surface area (Å²) >= 11 is 9.53. The maximum absolute atomic E-state index is 9.00. The van der Waals surface area contributed by atoms with Gasteiger partial charge in [-0.15, -0.1) is 23.2 Å². The Labute approximate surface area is 69.7 Å². The number of rotatable bonds is 0.